The molecule has 4 nitrogen and oxygen atoms in total. The van der Waals surface area contributed by atoms with Crippen molar-refractivity contribution >= 4 is 37.9 Å². The van der Waals surface area contributed by atoms with E-state index in [0.29, 0.717) is 22.2 Å². The zero-order valence-corrected chi connectivity index (χ0v) is 11.1. The third-order valence-electron chi connectivity index (χ3n) is 2.90. The molecule has 0 N–H and O–H groups in total. The number of furan rings is 1. The number of benzene rings is 1. The van der Waals surface area contributed by atoms with Crippen molar-refractivity contribution in [3.05, 3.63) is 40.4 Å². The van der Waals surface area contributed by atoms with Gasteiger partial charge < -0.3 is 13.6 Å². The molecule has 92 valence electrons. The smallest absolute Gasteiger partial charge is 0.336 e. The van der Waals surface area contributed by atoms with Gasteiger partial charge in [0.25, 0.3) is 0 Å². The lowest BCUT2D eigenvalue weighted by Crippen LogP contribution is -1.98. The molecule has 0 aliphatic heterocycles. The van der Waals surface area contributed by atoms with Gasteiger partial charge in [-0.3, -0.25) is 0 Å². The molecule has 18 heavy (non-hydrogen) atoms. The minimum Gasteiger partial charge on any atom is -0.490 e. The lowest BCUT2D eigenvalue weighted by molar-refractivity contribution is 0.402. The van der Waals surface area contributed by atoms with Crippen LogP contribution >= 0.6 is 15.9 Å². The molecule has 2 aromatic heterocycles. The molecule has 0 aliphatic carbocycles. The van der Waals surface area contributed by atoms with E-state index in [-0.39, 0.29) is 0 Å². The maximum Gasteiger partial charge on any atom is 0.336 e. The molecule has 2 heterocycles. The molecule has 0 radical (unpaired) electrons. The van der Waals surface area contributed by atoms with Gasteiger partial charge in [-0.25, -0.2) is 4.79 Å². The average molecular weight is 309 g/mol. The summed E-state index contributed by atoms with van der Waals surface area (Å²) < 4.78 is 16.0. The summed E-state index contributed by atoms with van der Waals surface area (Å²) in [6.07, 6.45) is 1.59. The Hall–Kier alpha value is -1.75. The highest BCUT2D eigenvalue weighted by Crippen LogP contribution is 2.38. The minimum atomic E-state index is -0.410. The van der Waals surface area contributed by atoms with E-state index in [1.807, 2.05) is 6.07 Å². The van der Waals surface area contributed by atoms with Gasteiger partial charge in [-0.2, -0.15) is 0 Å². The summed E-state index contributed by atoms with van der Waals surface area (Å²) in [6.45, 7) is 0. The first-order valence-electron chi connectivity index (χ1n) is 5.32. The fourth-order valence-corrected chi connectivity index (χ4v) is 2.73. The third kappa shape index (κ3) is 1.47. The minimum absolute atomic E-state index is 0.410. The van der Waals surface area contributed by atoms with Crippen LogP contribution in [0.3, 0.4) is 0 Å². The zero-order chi connectivity index (χ0) is 12.7. The Morgan fingerprint density at radius 2 is 2.00 bits per heavy atom. The predicted octanol–water partition coefficient (Wildman–Crippen LogP) is 3.44. The summed E-state index contributed by atoms with van der Waals surface area (Å²) in [5, 5.41) is 2.43. The SMILES string of the molecule is COc1c2occc2c(CBr)c2ccc(=O)oc12. The summed E-state index contributed by atoms with van der Waals surface area (Å²) in [5.74, 6) is 0.451. The Bertz CT molecular complexity index is 785. The number of halogens is 1. The van der Waals surface area contributed by atoms with Gasteiger partial charge >= 0.3 is 5.63 Å². The quantitative estimate of drug-likeness (QED) is 0.537. The highest BCUT2D eigenvalue weighted by Gasteiger charge is 2.18. The molecule has 3 rings (SSSR count). The van der Waals surface area contributed by atoms with Crippen LogP contribution in [0.4, 0.5) is 0 Å². The third-order valence-corrected chi connectivity index (χ3v) is 3.46. The molecule has 0 fully saturated rings. The molecule has 0 aliphatic rings. The number of rotatable bonds is 2. The van der Waals surface area contributed by atoms with Crippen molar-refractivity contribution in [2.75, 3.05) is 7.11 Å². The van der Waals surface area contributed by atoms with E-state index in [2.05, 4.69) is 15.9 Å². The van der Waals surface area contributed by atoms with Gasteiger partial charge in [0.1, 0.15) is 0 Å². The maximum absolute atomic E-state index is 11.4. The number of hydrogen-bond donors (Lipinski definition) is 0. The molecule has 0 atom stereocenters. The first-order chi connectivity index (χ1) is 8.76. The number of fused-ring (bicyclic) bond motifs is 2. The number of methoxy groups -OCH3 is 1. The van der Waals surface area contributed by atoms with E-state index in [1.54, 1.807) is 12.3 Å². The summed E-state index contributed by atoms with van der Waals surface area (Å²) in [7, 11) is 1.53. The molecular formula is C13H9BrO4. The van der Waals surface area contributed by atoms with Crippen LogP contribution in [0.15, 0.2) is 38.1 Å². The van der Waals surface area contributed by atoms with Gasteiger partial charge in [0.2, 0.25) is 5.75 Å². The fourth-order valence-electron chi connectivity index (χ4n) is 2.12. The standard InChI is InChI=1S/C13H9BrO4/c1-16-13-11-8(4-5-17-11)9(6-14)7-2-3-10(15)18-12(7)13/h2-5H,6H2,1H3. The molecule has 0 bridgehead atoms. The summed E-state index contributed by atoms with van der Waals surface area (Å²) in [5.41, 5.74) is 1.61. The first-order valence-corrected chi connectivity index (χ1v) is 6.44. The van der Waals surface area contributed by atoms with E-state index in [1.165, 1.54) is 13.2 Å². The maximum atomic E-state index is 11.4. The number of hydrogen-bond acceptors (Lipinski definition) is 4. The fraction of sp³-hybridized carbons (Fsp3) is 0.154. The van der Waals surface area contributed by atoms with E-state index >= 15 is 0 Å². The Morgan fingerprint density at radius 3 is 2.72 bits per heavy atom. The Morgan fingerprint density at radius 1 is 1.22 bits per heavy atom. The average Bonchev–Trinajstić information content (AvgIpc) is 2.84. The second-order valence-corrected chi connectivity index (χ2v) is 4.37. The van der Waals surface area contributed by atoms with E-state index in [4.69, 9.17) is 13.6 Å². The van der Waals surface area contributed by atoms with Gasteiger partial charge in [-0.15, -0.1) is 0 Å². The van der Waals surface area contributed by atoms with Crippen LogP contribution in [0.2, 0.25) is 0 Å². The molecule has 0 unspecified atom stereocenters. The molecule has 0 saturated carbocycles. The van der Waals surface area contributed by atoms with Gasteiger partial charge in [0.05, 0.1) is 13.4 Å². The second-order valence-electron chi connectivity index (χ2n) is 3.81. The van der Waals surface area contributed by atoms with Crippen LogP contribution in [-0.2, 0) is 5.33 Å². The Labute approximate surface area is 110 Å². The van der Waals surface area contributed by atoms with Crippen LogP contribution in [0, 0.1) is 0 Å². The van der Waals surface area contributed by atoms with Crippen molar-refractivity contribution in [2.24, 2.45) is 0 Å². The summed E-state index contributed by atoms with van der Waals surface area (Å²) in [6, 6.07) is 5.02. The highest BCUT2D eigenvalue weighted by molar-refractivity contribution is 9.08. The van der Waals surface area contributed by atoms with Crippen LogP contribution in [0.5, 0.6) is 5.75 Å². The lowest BCUT2D eigenvalue weighted by Gasteiger charge is -2.08. The van der Waals surface area contributed by atoms with Crippen LogP contribution in [0.25, 0.3) is 21.9 Å². The Kier molecular flexibility index (Phi) is 2.63. The van der Waals surface area contributed by atoms with Crippen LogP contribution in [0.1, 0.15) is 5.56 Å². The van der Waals surface area contributed by atoms with Crippen LogP contribution in [-0.4, -0.2) is 7.11 Å². The molecule has 0 spiro atoms. The van der Waals surface area contributed by atoms with Crippen molar-refractivity contribution in [3.8, 4) is 5.75 Å². The topological polar surface area (TPSA) is 52.6 Å². The van der Waals surface area contributed by atoms with E-state index < -0.39 is 5.63 Å². The van der Waals surface area contributed by atoms with E-state index in [9.17, 15) is 4.79 Å². The molecule has 3 aromatic rings. The van der Waals surface area contributed by atoms with Gasteiger partial charge in [0.15, 0.2) is 11.2 Å². The second kappa shape index (κ2) is 4.17. The molecule has 0 amide bonds. The molecule has 0 saturated heterocycles. The monoisotopic (exact) mass is 308 g/mol. The van der Waals surface area contributed by atoms with Crippen molar-refractivity contribution < 1.29 is 13.6 Å². The molecule has 1 aromatic carbocycles. The highest BCUT2D eigenvalue weighted by atomic mass is 79.9. The van der Waals surface area contributed by atoms with Crippen LogP contribution < -0.4 is 10.4 Å². The van der Waals surface area contributed by atoms with Gasteiger partial charge in [-0.1, -0.05) is 15.9 Å². The Balaban J connectivity index is 2.63. The first kappa shape index (κ1) is 11.3. The summed E-state index contributed by atoms with van der Waals surface area (Å²) in [4.78, 5) is 11.4. The number of alkyl halides is 1. The van der Waals surface area contributed by atoms with Gasteiger partial charge in [-0.05, 0) is 17.7 Å². The van der Waals surface area contributed by atoms with Crippen molar-refractivity contribution in [1.82, 2.24) is 0 Å². The van der Waals surface area contributed by atoms with Crippen molar-refractivity contribution in [3.63, 3.8) is 0 Å². The largest absolute Gasteiger partial charge is 0.490 e. The normalized spacial score (nSPS) is 11.2. The lowest BCUT2D eigenvalue weighted by atomic mass is 10.1. The molecule has 5 heteroatoms. The van der Waals surface area contributed by atoms with Crippen molar-refractivity contribution in [2.45, 2.75) is 5.33 Å². The predicted molar refractivity (Wildman–Crippen MR) is 71.4 cm³/mol. The van der Waals surface area contributed by atoms with Gasteiger partial charge in [0, 0.05) is 22.2 Å². The van der Waals surface area contributed by atoms with Crippen molar-refractivity contribution in [1.29, 1.82) is 0 Å². The summed E-state index contributed by atoms with van der Waals surface area (Å²) >= 11 is 3.45. The molecular weight excluding hydrogens is 300 g/mol. The number of ether oxygens (including phenoxy) is 1. The zero-order valence-electron chi connectivity index (χ0n) is 9.53. The van der Waals surface area contributed by atoms with E-state index in [0.717, 1.165) is 16.3 Å².